The predicted octanol–water partition coefficient (Wildman–Crippen LogP) is 2.82. The molecule has 1 saturated heterocycles. The molecule has 0 radical (unpaired) electrons. The first-order valence-electron chi connectivity index (χ1n) is 9.16. The van der Waals surface area contributed by atoms with Gasteiger partial charge in [-0.3, -0.25) is 9.69 Å². The molecule has 0 bridgehead atoms. The molecule has 2 aromatic rings. The second-order valence-corrected chi connectivity index (χ2v) is 7.68. The van der Waals surface area contributed by atoms with Gasteiger partial charge in [0.15, 0.2) is 0 Å². The van der Waals surface area contributed by atoms with E-state index in [1.54, 1.807) is 11.3 Å². The smallest absolute Gasteiger partial charge is 0.248 e. The third kappa shape index (κ3) is 3.93. The Kier molecular flexibility index (Phi) is 5.12. The summed E-state index contributed by atoms with van der Waals surface area (Å²) in [6, 6.07) is 2.67. The lowest BCUT2D eigenvalue weighted by atomic mass is 9.94. The Morgan fingerprint density at radius 3 is 2.68 bits per heavy atom. The van der Waals surface area contributed by atoms with E-state index in [-0.39, 0.29) is 12.3 Å². The molecule has 0 aromatic carbocycles. The van der Waals surface area contributed by atoms with Gasteiger partial charge in [0.05, 0.1) is 0 Å². The van der Waals surface area contributed by atoms with Crippen LogP contribution < -0.4 is 0 Å². The standard InChI is InChI=1S/C18H24N4O2S/c23-17(12-16-19-20-18(24-16)14-6-11-25-13-14)22-9-7-21(8-10-22)15-4-2-1-3-5-15/h6,11,13,15H,1-5,7-10,12H2. The Hall–Kier alpha value is -1.73. The van der Waals surface area contributed by atoms with Crippen molar-refractivity contribution < 1.29 is 9.21 Å². The number of aromatic nitrogens is 2. The fourth-order valence-corrected chi connectivity index (χ4v) is 4.48. The lowest BCUT2D eigenvalue weighted by molar-refractivity contribution is -0.133. The highest BCUT2D eigenvalue weighted by Gasteiger charge is 2.27. The summed E-state index contributed by atoms with van der Waals surface area (Å²) in [4.78, 5) is 17.0. The van der Waals surface area contributed by atoms with E-state index in [0.717, 1.165) is 37.8 Å². The lowest BCUT2D eigenvalue weighted by Gasteiger charge is -2.40. The summed E-state index contributed by atoms with van der Waals surface area (Å²) in [5.41, 5.74) is 0.914. The minimum atomic E-state index is 0.0869. The molecule has 1 aliphatic heterocycles. The number of hydrogen-bond acceptors (Lipinski definition) is 6. The summed E-state index contributed by atoms with van der Waals surface area (Å²) in [7, 11) is 0. The second-order valence-electron chi connectivity index (χ2n) is 6.90. The number of rotatable bonds is 4. The number of carbonyl (C=O) groups excluding carboxylic acids is 1. The van der Waals surface area contributed by atoms with Crippen LogP contribution in [0.4, 0.5) is 0 Å². The Balaban J connectivity index is 1.29. The van der Waals surface area contributed by atoms with Gasteiger partial charge in [-0.2, -0.15) is 11.3 Å². The van der Waals surface area contributed by atoms with E-state index in [9.17, 15) is 4.79 Å². The minimum Gasteiger partial charge on any atom is -0.420 e. The molecular weight excluding hydrogens is 336 g/mol. The van der Waals surface area contributed by atoms with E-state index in [4.69, 9.17) is 4.42 Å². The van der Waals surface area contributed by atoms with Crippen LogP contribution in [0.3, 0.4) is 0 Å². The molecule has 2 fully saturated rings. The van der Waals surface area contributed by atoms with Gasteiger partial charge in [0.25, 0.3) is 0 Å². The number of hydrogen-bond donors (Lipinski definition) is 0. The van der Waals surface area contributed by atoms with Crippen molar-refractivity contribution in [1.29, 1.82) is 0 Å². The maximum Gasteiger partial charge on any atom is 0.248 e. The molecule has 0 spiro atoms. The highest BCUT2D eigenvalue weighted by molar-refractivity contribution is 7.08. The normalized spacial score (nSPS) is 20.1. The van der Waals surface area contributed by atoms with Crippen molar-refractivity contribution in [1.82, 2.24) is 20.0 Å². The van der Waals surface area contributed by atoms with Crippen molar-refractivity contribution in [2.24, 2.45) is 0 Å². The molecule has 2 aliphatic rings. The Morgan fingerprint density at radius 1 is 1.16 bits per heavy atom. The maximum absolute atomic E-state index is 12.5. The number of amides is 1. The number of nitrogens with zero attached hydrogens (tertiary/aromatic N) is 4. The van der Waals surface area contributed by atoms with E-state index < -0.39 is 0 Å². The third-order valence-corrected chi connectivity index (χ3v) is 5.98. The van der Waals surface area contributed by atoms with Crippen molar-refractivity contribution >= 4 is 17.2 Å². The van der Waals surface area contributed by atoms with Crippen LogP contribution in [0.5, 0.6) is 0 Å². The number of piperazine rings is 1. The topological polar surface area (TPSA) is 62.5 Å². The molecule has 0 unspecified atom stereocenters. The van der Waals surface area contributed by atoms with Crippen LogP contribution in [0.1, 0.15) is 38.0 Å². The van der Waals surface area contributed by atoms with Crippen molar-refractivity contribution in [3.8, 4) is 11.5 Å². The summed E-state index contributed by atoms with van der Waals surface area (Å²) in [6.45, 7) is 3.59. The Labute approximate surface area is 151 Å². The van der Waals surface area contributed by atoms with Gasteiger partial charge in [0.1, 0.15) is 6.42 Å². The fraction of sp³-hybridized carbons (Fsp3) is 0.611. The zero-order valence-electron chi connectivity index (χ0n) is 14.4. The van der Waals surface area contributed by atoms with Crippen molar-refractivity contribution in [2.75, 3.05) is 26.2 Å². The van der Waals surface area contributed by atoms with Gasteiger partial charge in [0.2, 0.25) is 17.7 Å². The van der Waals surface area contributed by atoms with Gasteiger partial charge >= 0.3 is 0 Å². The molecular formula is C18H24N4O2S. The molecule has 0 atom stereocenters. The van der Waals surface area contributed by atoms with Crippen LogP contribution in [0.2, 0.25) is 0 Å². The van der Waals surface area contributed by atoms with Crippen LogP contribution in [0.25, 0.3) is 11.5 Å². The van der Waals surface area contributed by atoms with E-state index in [2.05, 4.69) is 15.1 Å². The van der Waals surface area contributed by atoms with E-state index in [1.807, 2.05) is 21.7 Å². The molecule has 1 saturated carbocycles. The number of thiophene rings is 1. The van der Waals surface area contributed by atoms with Crippen LogP contribution in [0.15, 0.2) is 21.2 Å². The van der Waals surface area contributed by atoms with Gasteiger partial charge in [-0.25, -0.2) is 0 Å². The zero-order valence-corrected chi connectivity index (χ0v) is 15.2. The lowest BCUT2D eigenvalue weighted by Crippen LogP contribution is -2.52. The molecule has 0 N–H and O–H groups in total. The number of carbonyl (C=O) groups is 1. The molecule has 25 heavy (non-hydrogen) atoms. The second kappa shape index (κ2) is 7.66. The van der Waals surface area contributed by atoms with Gasteiger partial charge < -0.3 is 9.32 Å². The molecule has 2 aromatic heterocycles. The quantitative estimate of drug-likeness (QED) is 0.839. The largest absolute Gasteiger partial charge is 0.420 e. The van der Waals surface area contributed by atoms with Crippen LogP contribution in [-0.2, 0) is 11.2 Å². The highest BCUT2D eigenvalue weighted by atomic mass is 32.1. The van der Waals surface area contributed by atoms with Crippen LogP contribution in [0, 0.1) is 0 Å². The monoisotopic (exact) mass is 360 g/mol. The van der Waals surface area contributed by atoms with Crippen molar-refractivity contribution in [3.63, 3.8) is 0 Å². The Morgan fingerprint density at radius 2 is 1.96 bits per heavy atom. The Bertz CT molecular complexity index is 686. The molecule has 6 nitrogen and oxygen atoms in total. The van der Waals surface area contributed by atoms with Crippen LogP contribution in [-0.4, -0.2) is 58.1 Å². The van der Waals surface area contributed by atoms with E-state index in [1.165, 1.54) is 32.1 Å². The maximum atomic E-state index is 12.5. The average Bonchev–Trinajstić information content (AvgIpc) is 3.34. The van der Waals surface area contributed by atoms with E-state index >= 15 is 0 Å². The average molecular weight is 360 g/mol. The third-order valence-electron chi connectivity index (χ3n) is 5.30. The van der Waals surface area contributed by atoms with Gasteiger partial charge in [-0.15, -0.1) is 10.2 Å². The van der Waals surface area contributed by atoms with Crippen LogP contribution >= 0.6 is 11.3 Å². The summed E-state index contributed by atoms with van der Waals surface area (Å²) in [6.07, 6.45) is 6.93. The summed E-state index contributed by atoms with van der Waals surface area (Å²) in [5.74, 6) is 0.982. The first-order valence-corrected chi connectivity index (χ1v) is 10.1. The highest BCUT2D eigenvalue weighted by Crippen LogP contribution is 2.24. The molecule has 1 aliphatic carbocycles. The zero-order chi connectivity index (χ0) is 17.1. The molecule has 134 valence electrons. The first-order chi connectivity index (χ1) is 12.3. The molecule has 1 amide bonds. The molecule has 3 heterocycles. The van der Waals surface area contributed by atoms with Crippen molar-refractivity contribution in [2.45, 2.75) is 44.6 Å². The SMILES string of the molecule is O=C(Cc1nnc(-c2ccsc2)o1)N1CCN(C2CCCCC2)CC1. The fourth-order valence-electron chi connectivity index (χ4n) is 3.85. The predicted molar refractivity (Wildman–Crippen MR) is 96.3 cm³/mol. The van der Waals surface area contributed by atoms with Gasteiger partial charge in [0, 0.05) is 43.2 Å². The van der Waals surface area contributed by atoms with E-state index in [0.29, 0.717) is 11.8 Å². The minimum absolute atomic E-state index is 0.0869. The van der Waals surface area contributed by atoms with Gasteiger partial charge in [-0.05, 0) is 24.3 Å². The first kappa shape index (κ1) is 16.7. The van der Waals surface area contributed by atoms with Gasteiger partial charge in [-0.1, -0.05) is 19.3 Å². The van der Waals surface area contributed by atoms with Crippen molar-refractivity contribution in [3.05, 3.63) is 22.7 Å². The summed E-state index contributed by atoms with van der Waals surface area (Å²) < 4.78 is 5.63. The summed E-state index contributed by atoms with van der Waals surface area (Å²) in [5, 5.41) is 12.0. The summed E-state index contributed by atoms with van der Waals surface area (Å²) >= 11 is 1.58. The molecule has 7 heteroatoms. The molecule has 4 rings (SSSR count).